The number of rotatable bonds is 3. The smallest absolute Gasteiger partial charge is 0.376 e. The van der Waals surface area contributed by atoms with E-state index in [-0.39, 0.29) is 57.2 Å². The molecule has 7 heteroatoms. The number of carbonyl (C=O) groups excluding carboxylic acids is 1. The average Bonchev–Trinajstić information content (AvgIpc) is 3.08. The Morgan fingerprint density at radius 3 is 2.60 bits per heavy atom. The molecule has 2 heterocycles. The predicted octanol–water partition coefficient (Wildman–Crippen LogP) is -1.51. The first kappa shape index (κ1) is 15.3. The molecule has 0 aliphatic carbocycles. The molecule has 0 radical (unpaired) electrons. The van der Waals surface area contributed by atoms with Crippen molar-refractivity contribution in [3.8, 4) is 17.1 Å². The van der Waals surface area contributed by atoms with Crippen LogP contribution in [0.15, 0.2) is 42.9 Å². The standard InChI is InChI=1S/C13H10N5O.K/c1-9(19)12-13(10-5-3-2-4-6-10)18(17-16-12)11-7-14-8-15-11;/h2-8H,1H3;/q-1;+1. The first-order valence-corrected chi connectivity index (χ1v) is 5.72. The zero-order chi connectivity index (χ0) is 13.2. The fraction of sp³-hybridized carbons (Fsp3) is 0.0769. The van der Waals surface area contributed by atoms with Gasteiger partial charge in [0.2, 0.25) is 0 Å². The van der Waals surface area contributed by atoms with Gasteiger partial charge in [-0.2, -0.15) is 0 Å². The topological polar surface area (TPSA) is 74.8 Å². The van der Waals surface area contributed by atoms with Gasteiger partial charge in [-0.25, -0.2) is 0 Å². The first-order chi connectivity index (χ1) is 9.27. The molecule has 0 aliphatic heterocycles. The fourth-order valence-electron chi connectivity index (χ4n) is 1.87. The molecule has 0 atom stereocenters. The molecule has 1 aromatic carbocycles. The summed E-state index contributed by atoms with van der Waals surface area (Å²) in [7, 11) is 0. The van der Waals surface area contributed by atoms with Crippen LogP contribution in [0.2, 0.25) is 0 Å². The normalized spacial score (nSPS) is 10.1. The van der Waals surface area contributed by atoms with Crippen LogP contribution in [0.5, 0.6) is 0 Å². The molecular formula is C13H10KN5O. The van der Waals surface area contributed by atoms with Crippen molar-refractivity contribution in [2.45, 2.75) is 6.92 Å². The van der Waals surface area contributed by atoms with Gasteiger partial charge in [-0.1, -0.05) is 30.3 Å². The minimum absolute atomic E-state index is 0. The number of Topliss-reactive ketones (excluding diaryl/α,β-unsaturated/α-hetero) is 1. The Balaban J connectivity index is 0.00000147. The second-order valence-electron chi connectivity index (χ2n) is 4.00. The SMILES string of the molecule is CC(=O)c1nnn(-c2cnc[n-]2)c1-c1ccccc1.[K+]. The van der Waals surface area contributed by atoms with Gasteiger partial charge in [0, 0.05) is 18.4 Å². The Morgan fingerprint density at radius 2 is 2.00 bits per heavy atom. The molecule has 2 aromatic heterocycles. The molecule has 3 rings (SSSR count). The molecule has 0 bridgehead atoms. The molecule has 0 saturated carbocycles. The van der Waals surface area contributed by atoms with E-state index in [0.717, 1.165) is 5.56 Å². The van der Waals surface area contributed by atoms with E-state index in [1.165, 1.54) is 17.9 Å². The maximum Gasteiger partial charge on any atom is 1.00 e. The second kappa shape index (κ2) is 6.55. The molecule has 0 amide bonds. The van der Waals surface area contributed by atoms with Crippen molar-refractivity contribution in [3.05, 3.63) is 48.5 Å². The molecule has 20 heavy (non-hydrogen) atoms. The predicted molar refractivity (Wildman–Crippen MR) is 67.9 cm³/mol. The van der Waals surface area contributed by atoms with Gasteiger partial charge in [-0.15, -0.1) is 10.3 Å². The van der Waals surface area contributed by atoms with Gasteiger partial charge in [0.1, 0.15) is 5.69 Å². The Bertz CT molecular complexity index is 706. The number of benzene rings is 1. The molecule has 0 fully saturated rings. The van der Waals surface area contributed by atoms with Crippen molar-refractivity contribution in [1.29, 1.82) is 0 Å². The van der Waals surface area contributed by atoms with Gasteiger partial charge < -0.3 is 9.97 Å². The molecule has 0 aliphatic rings. The van der Waals surface area contributed by atoms with Crippen molar-refractivity contribution in [3.63, 3.8) is 0 Å². The van der Waals surface area contributed by atoms with Crippen LogP contribution in [0.1, 0.15) is 17.4 Å². The quantitative estimate of drug-likeness (QED) is 0.433. The zero-order valence-corrected chi connectivity index (χ0v) is 14.3. The number of ketones is 1. The zero-order valence-electron chi connectivity index (χ0n) is 11.2. The summed E-state index contributed by atoms with van der Waals surface area (Å²) >= 11 is 0. The van der Waals surface area contributed by atoms with Crippen LogP contribution >= 0.6 is 0 Å². The van der Waals surface area contributed by atoms with Crippen LogP contribution in [0.25, 0.3) is 17.1 Å². The average molecular weight is 291 g/mol. The summed E-state index contributed by atoms with van der Waals surface area (Å²) in [5.74, 6) is 0.406. The summed E-state index contributed by atoms with van der Waals surface area (Å²) in [6, 6.07) is 9.50. The molecular weight excluding hydrogens is 281 g/mol. The van der Waals surface area contributed by atoms with Crippen molar-refractivity contribution < 1.29 is 56.2 Å². The van der Waals surface area contributed by atoms with E-state index in [9.17, 15) is 4.79 Å². The van der Waals surface area contributed by atoms with Gasteiger partial charge >= 0.3 is 51.4 Å². The molecule has 0 unspecified atom stereocenters. The van der Waals surface area contributed by atoms with Crippen LogP contribution in [0, 0.1) is 0 Å². The Morgan fingerprint density at radius 1 is 1.25 bits per heavy atom. The van der Waals surface area contributed by atoms with E-state index in [2.05, 4.69) is 20.3 Å². The summed E-state index contributed by atoms with van der Waals surface area (Å²) in [6.07, 6.45) is 3.00. The van der Waals surface area contributed by atoms with E-state index < -0.39 is 0 Å². The van der Waals surface area contributed by atoms with Gasteiger partial charge in [0.05, 0.1) is 0 Å². The van der Waals surface area contributed by atoms with Crippen LogP contribution in [0.3, 0.4) is 0 Å². The van der Waals surface area contributed by atoms with E-state index >= 15 is 0 Å². The number of hydrogen-bond acceptors (Lipinski definition) is 4. The molecule has 0 saturated heterocycles. The molecule has 0 spiro atoms. The maximum atomic E-state index is 11.7. The summed E-state index contributed by atoms with van der Waals surface area (Å²) in [5.41, 5.74) is 1.82. The van der Waals surface area contributed by atoms with Crippen molar-refractivity contribution in [1.82, 2.24) is 25.0 Å². The molecule has 0 N–H and O–H groups in total. The largest absolute Gasteiger partial charge is 1.00 e. The van der Waals surface area contributed by atoms with Crippen molar-refractivity contribution in [2.75, 3.05) is 0 Å². The van der Waals surface area contributed by atoms with E-state index in [4.69, 9.17) is 0 Å². The third kappa shape index (κ3) is 2.81. The minimum atomic E-state index is -0.135. The van der Waals surface area contributed by atoms with Crippen LogP contribution in [-0.4, -0.2) is 25.8 Å². The monoisotopic (exact) mass is 291 g/mol. The van der Waals surface area contributed by atoms with E-state index in [1.54, 1.807) is 6.20 Å². The third-order valence-corrected chi connectivity index (χ3v) is 2.71. The maximum absolute atomic E-state index is 11.7. The van der Waals surface area contributed by atoms with E-state index in [1.807, 2.05) is 30.3 Å². The first-order valence-electron chi connectivity index (χ1n) is 5.72. The van der Waals surface area contributed by atoms with Gasteiger partial charge in [0.25, 0.3) is 0 Å². The Labute approximate surface area is 158 Å². The molecule has 6 nitrogen and oxygen atoms in total. The summed E-state index contributed by atoms with van der Waals surface area (Å²) in [4.78, 5) is 19.7. The second-order valence-corrected chi connectivity index (χ2v) is 4.00. The summed E-state index contributed by atoms with van der Waals surface area (Å²) in [6.45, 7) is 1.47. The van der Waals surface area contributed by atoms with Gasteiger partial charge in [-0.05, 0) is 18.1 Å². The van der Waals surface area contributed by atoms with Crippen LogP contribution < -0.4 is 56.4 Å². The number of hydrogen-bond donors (Lipinski definition) is 0. The third-order valence-electron chi connectivity index (χ3n) is 2.71. The molecule has 3 aromatic rings. The summed E-state index contributed by atoms with van der Waals surface area (Å²) < 4.78 is 1.53. The van der Waals surface area contributed by atoms with Gasteiger partial charge in [0.15, 0.2) is 5.78 Å². The number of imidazole rings is 1. The van der Waals surface area contributed by atoms with E-state index in [0.29, 0.717) is 17.2 Å². The Hall–Kier alpha value is -1.12. The van der Waals surface area contributed by atoms with Crippen molar-refractivity contribution in [2.24, 2.45) is 0 Å². The number of aromatic nitrogens is 5. The molecule has 94 valence electrons. The van der Waals surface area contributed by atoms with Gasteiger partial charge in [-0.3, -0.25) is 9.48 Å². The minimum Gasteiger partial charge on any atom is -0.376 e. The number of carbonyl (C=O) groups is 1. The van der Waals surface area contributed by atoms with Crippen LogP contribution in [-0.2, 0) is 0 Å². The Kier molecular flexibility index (Phi) is 5.00. The van der Waals surface area contributed by atoms with Crippen molar-refractivity contribution >= 4 is 5.78 Å². The summed E-state index contributed by atoms with van der Waals surface area (Å²) in [5, 5.41) is 7.94. The fourth-order valence-corrected chi connectivity index (χ4v) is 1.87. The number of nitrogens with zero attached hydrogens (tertiary/aromatic N) is 5. The van der Waals surface area contributed by atoms with Crippen LogP contribution in [0.4, 0.5) is 0 Å².